The van der Waals surface area contributed by atoms with Gasteiger partial charge in [-0.15, -0.1) is 0 Å². The van der Waals surface area contributed by atoms with Crippen molar-refractivity contribution < 1.29 is 14.7 Å². The van der Waals surface area contributed by atoms with Crippen molar-refractivity contribution in [2.24, 2.45) is 5.92 Å². The second kappa shape index (κ2) is 6.88. The van der Waals surface area contributed by atoms with Gasteiger partial charge in [0.2, 0.25) is 0 Å². The summed E-state index contributed by atoms with van der Waals surface area (Å²) in [6.07, 6.45) is 5.96. The fourth-order valence-electron chi connectivity index (χ4n) is 2.45. The van der Waals surface area contributed by atoms with Gasteiger partial charge in [-0.2, -0.15) is 0 Å². The second-order valence-electron chi connectivity index (χ2n) is 5.06. The molecule has 1 saturated heterocycles. The van der Waals surface area contributed by atoms with Crippen molar-refractivity contribution in [3.8, 4) is 0 Å². The quantitative estimate of drug-likeness (QED) is 0.883. The molecule has 1 atom stereocenters. The highest BCUT2D eigenvalue weighted by Gasteiger charge is 2.24. The number of carboxylic acid groups (broad SMARTS) is 1. The molecule has 1 aliphatic heterocycles. The van der Waals surface area contributed by atoms with Crippen LogP contribution in [0, 0.1) is 5.92 Å². The fraction of sp³-hybridized carbons (Fsp3) is 0.500. The highest BCUT2D eigenvalue weighted by Crippen LogP contribution is 2.21. The first-order chi connectivity index (χ1) is 9.65. The average molecular weight is 277 g/mol. The molecule has 0 aromatic carbocycles. The number of anilines is 1. The number of hydrogen-bond acceptors (Lipinski definition) is 3. The minimum absolute atomic E-state index is 0.141. The van der Waals surface area contributed by atoms with Crippen LogP contribution in [0.2, 0.25) is 0 Å². The maximum atomic E-state index is 12.1. The Morgan fingerprint density at radius 2 is 2.35 bits per heavy atom. The van der Waals surface area contributed by atoms with E-state index in [2.05, 4.69) is 10.3 Å². The number of carboxylic acids is 1. The largest absolute Gasteiger partial charge is 0.481 e. The Bertz CT molecular complexity index is 464. The Hall–Kier alpha value is -2.11. The van der Waals surface area contributed by atoms with Crippen molar-refractivity contribution in [3.63, 3.8) is 0 Å². The molecule has 2 N–H and O–H groups in total. The molecule has 0 aliphatic carbocycles. The van der Waals surface area contributed by atoms with E-state index in [4.69, 9.17) is 5.11 Å². The van der Waals surface area contributed by atoms with E-state index in [1.54, 1.807) is 29.4 Å². The molecule has 1 fully saturated rings. The molecule has 1 aliphatic rings. The van der Waals surface area contributed by atoms with Crippen LogP contribution in [0.3, 0.4) is 0 Å². The molecule has 1 unspecified atom stereocenters. The molecule has 20 heavy (non-hydrogen) atoms. The van der Waals surface area contributed by atoms with Crippen LogP contribution < -0.4 is 5.32 Å². The number of rotatable bonds is 4. The highest BCUT2D eigenvalue weighted by molar-refractivity contribution is 5.89. The number of aliphatic carboxylic acids is 1. The van der Waals surface area contributed by atoms with E-state index >= 15 is 0 Å². The van der Waals surface area contributed by atoms with Crippen molar-refractivity contribution in [3.05, 3.63) is 24.5 Å². The van der Waals surface area contributed by atoms with Crippen molar-refractivity contribution in [2.45, 2.75) is 25.7 Å². The molecular weight excluding hydrogens is 258 g/mol. The number of hydrogen-bond donors (Lipinski definition) is 2. The molecule has 0 bridgehead atoms. The molecular formula is C14H19N3O3. The van der Waals surface area contributed by atoms with E-state index in [-0.39, 0.29) is 18.4 Å². The van der Waals surface area contributed by atoms with Gasteiger partial charge in [-0.3, -0.25) is 9.78 Å². The molecule has 2 heterocycles. The van der Waals surface area contributed by atoms with Crippen LogP contribution in [-0.4, -0.2) is 40.1 Å². The van der Waals surface area contributed by atoms with Crippen molar-refractivity contribution in [2.75, 3.05) is 18.4 Å². The van der Waals surface area contributed by atoms with Gasteiger partial charge in [0.05, 0.1) is 11.9 Å². The smallest absolute Gasteiger partial charge is 0.321 e. The summed E-state index contributed by atoms with van der Waals surface area (Å²) in [5.41, 5.74) is 0.671. The third-order valence-electron chi connectivity index (χ3n) is 3.49. The summed E-state index contributed by atoms with van der Waals surface area (Å²) in [6, 6.07) is 3.41. The number of nitrogens with zero attached hydrogens (tertiary/aromatic N) is 2. The Morgan fingerprint density at radius 3 is 3.05 bits per heavy atom. The fourth-order valence-corrected chi connectivity index (χ4v) is 2.45. The Balaban J connectivity index is 1.85. The van der Waals surface area contributed by atoms with E-state index in [0.717, 1.165) is 19.4 Å². The number of piperidine rings is 1. The molecule has 6 heteroatoms. The molecule has 2 rings (SSSR count). The molecule has 0 spiro atoms. The summed E-state index contributed by atoms with van der Waals surface area (Å²) in [5.74, 6) is -0.499. The molecule has 2 amide bonds. The van der Waals surface area contributed by atoms with E-state index in [1.165, 1.54) is 0 Å². The number of amides is 2. The Labute approximate surface area is 117 Å². The normalized spacial score (nSPS) is 18.6. The maximum Gasteiger partial charge on any atom is 0.321 e. The lowest BCUT2D eigenvalue weighted by Crippen LogP contribution is -2.42. The van der Waals surface area contributed by atoms with Crippen molar-refractivity contribution in [1.29, 1.82) is 0 Å². The predicted octanol–water partition coefficient (Wildman–Crippen LogP) is 2.19. The third kappa shape index (κ3) is 4.22. The lowest BCUT2D eigenvalue weighted by molar-refractivity contribution is -0.137. The first-order valence-electron chi connectivity index (χ1n) is 6.83. The lowest BCUT2D eigenvalue weighted by Gasteiger charge is -2.32. The van der Waals surface area contributed by atoms with Crippen LogP contribution in [0.1, 0.15) is 25.7 Å². The van der Waals surface area contributed by atoms with Gasteiger partial charge < -0.3 is 15.3 Å². The summed E-state index contributed by atoms with van der Waals surface area (Å²) in [6.45, 7) is 1.34. The Morgan fingerprint density at radius 1 is 1.50 bits per heavy atom. The maximum absolute atomic E-state index is 12.1. The highest BCUT2D eigenvalue weighted by atomic mass is 16.4. The zero-order chi connectivity index (χ0) is 14.4. The molecule has 0 radical (unpaired) electrons. The van der Waals surface area contributed by atoms with Gasteiger partial charge in [0.15, 0.2) is 0 Å². The third-order valence-corrected chi connectivity index (χ3v) is 3.49. The van der Waals surface area contributed by atoms with Crippen LogP contribution in [0.4, 0.5) is 10.5 Å². The average Bonchev–Trinajstić information content (AvgIpc) is 2.46. The van der Waals surface area contributed by atoms with E-state index in [1.807, 2.05) is 0 Å². The van der Waals surface area contributed by atoms with E-state index in [0.29, 0.717) is 18.7 Å². The zero-order valence-electron chi connectivity index (χ0n) is 11.3. The van der Waals surface area contributed by atoms with Gasteiger partial charge in [0.25, 0.3) is 0 Å². The summed E-state index contributed by atoms with van der Waals surface area (Å²) >= 11 is 0. The van der Waals surface area contributed by atoms with Gasteiger partial charge in [-0.05, 0) is 37.3 Å². The Kier molecular flexibility index (Phi) is 4.92. The number of urea groups is 1. The van der Waals surface area contributed by atoms with E-state index < -0.39 is 5.97 Å². The first kappa shape index (κ1) is 14.3. The van der Waals surface area contributed by atoms with Crippen molar-refractivity contribution >= 4 is 17.7 Å². The van der Waals surface area contributed by atoms with Crippen LogP contribution in [0.25, 0.3) is 0 Å². The summed E-state index contributed by atoms with van der Waals surface area (Å²) < 4.78 is 0. The topological polar surface area (TPSA) is 82.5 Å². The summed E-state index contributed by atoms with van der Waals surface area (Å²) in [5, 5.41) is 11.5. The second-order valence-corrected chi connectivity index (χ2v) is 5.06. The van der Waals surface area contributed by atoms with Crippen LogP contribution in [0.15, 0.2) is 24.5 Å². The predicted molar refractivity (Wildman–Crippen MR) is 74.4 cm³/mol. The number of carbonyl (C=O) groups excluding carboxylic acids is 1. The lowest BCUT2D eigenvalue weighted by atomic mass is 9.93. The van der Waals surface area contributed by atoms with Crippen LogP contribution in [0.5, 0.6) is 0 Å². The minimum Gasteiger partial charge on any atom is -0.481 e. The minimum atomic E-state index is -0.776. The van der Waals surface area contributed by atoms with Gasteiger partial charge in [0, 0.05) is 25.7 Å². The van der Waals surface area contributed by atoms with Crippen LogP contribution in [-0.2, 0) is 4.79 Å². The molecule has 1 aromatic rings. The summed E-state index contributed by atoms with van der Waals surface area (Å²) in [4.78, 5) is 28.4. The van der Waals surface area contributed by atoms with Gasteiger partial charge in [0.1, 0.15) is 0 Å². The number of carbonyl (C=O) groups is 2. The van der Waals surface area contributed by atoms with Crippen LogP contribution >= 0.6 is 0 Å². The number of pyridine rings is 1. The first-order valence-corrected chi connectivity index (χ1v) is 6.83. The van der Waals surface area contributed by atoms with Gasteiger partial charge >= 0.3 is 12.0 Å². The van der Waals surface area contributed by atoms with Gasteiger partial charge in [-0.1, -0.05) is 0 Å². The number of likely N-dealkylation sites (tertiary alicyclic amines) is 1. The molecule has 1 aromatic heterocycles. The van der Waals surface area contributed by atoms with Gasteiger partial charge in [-0.25, -0.2) is 4.79 Å². The number of aromatic nitrogens is 1. The molecule has 6 nitrogen and oxygen atoms in total. The zero-order valence-corrected chi connectivity index (χ0v) is 11.3. The van der Waals surface area contributed by atoms with Crippen molar-refractivity contribution in [1.82, 2.24) is 9.88 Å². The standard InChI is InChI=1S/C14H19N3O3/c18-13(19)6-5-11-3-2-8-17(10-11)14(20)16-12-4-1-7-15-9-12/h1,4,7,9,11H,2-3,5-6,8,10H2,(H,16,20)(H,18,19). The van der Waals surface area contributed by atoms with E-state index in [9.17, 15) is 9.59 Å². The molecule has 0 saturated carbocycles. The summed E-state index contributed by atoms with van der Waals surface area (Å²) in [7, 11) is 0. The molecule has 108 valence electrons. The SMILES string of the molecule is O=C(O)CCC1CCCN(C(=O)Nc2cccnc2)C1. The monoisotopic (exact) mass is 277 g/mol. The number of nitrogens with one attached hydrogen (secondary N) is 1.